The molecule has 1 unspecified atom stereocenters. The Hall–Kier alpha value is -0.600. The van der Waals surface area contributed by atoms with Crippen molar-refractivity contribution in [3.8, 4) is 0 Å². The first kappa shape index (κ1) is 13.5. The lowest BCUT2D eigenvalue weighted by Crippen LogP contribution is -2.23. The highest BCUT2D eigenvalue weighted by Gasteiger charge is 2.10. The number of hydrogen-bond donors (Lipinski definition) is 1. The number of benzene rings is 1. The van der Waals surface area contributed by atoms with E-state index in [4.69, 9.17) is 11.6 Å². The van der Waals surface area contributed by atoms with E-state index >= 15 is 0 Å². The summed E-state index contributed by atoms with van der Waals surface area (Å²) in [5.41, 5.74) is 0.909. The minimum Gasteiger partial charge on any atom is -0.317 e. The number of nitrogens with one attached hydrogen (secondary N) is 1. The Morgan fingerprint density at radius 2 is 2.12 bits per heavy atom. The van der Waals surface area contributed by atoms with Crippen molar-refractivity contribution in [2.45, 2.75) is 26.7 Å². The van der Waals surface area contributed by atoms with Gasteiger partial charge in [-0.3, -0.25) is 0 Å². The third-order valence-electron chi connectivity index (χ3n) is 2.78. The molecule has 0 radical (unpaired) electrons. The van der Waals surface area contributed by atoms with Gasteiger partial charge in [-0.1, -0.05) is 31.9 Å². The maximum Gasteiger partial charge on any atom is 0.123 e. The van der Waals surface area contributed by atoms with Gasteiger partial charge >= 0.3 is 0 Å². The quantitative estimate of drug-likeness (QED) is 0.804. The van der Waals surface area contributed by atoms with Crippen LogP contribution in [0.3, 0.4) is 0 Å². The zero-order valence-electron chi connectivity index (χ0n) is 9.89. The highest BCUT2D eigenvalue weighted by Crippen LogP contribution is 2.21. The molecule has 1 nitrogen and oxygen atoms in total. The van der Waals surface area contributed by atoms with Crippen molar-refractivity contribution < 1.29 is 4.39 Å². The molecule has 1 rings (SSSR count). The predicted octanol–water partition coefficient (Wildman–Crippen LogP) is 3.66. The van der Waals surface area contributed by atoms with Crippen molar-refractivity contribution in [1.29, 1.82) is 0 Å². The van der Waals surface area contributed by atoms with Gasteiger partial charge in [0.15, 0.2) is 0 Å². The van der Waals surface area contributed by atoms with Crippen LogP contribution in [0.2, 0.25) is 5.02 Å². The molecular formula is C13H19ClFN. The summed E-state index contributed by atoms with van der Waals surface area (Å²) < 4.78 is 13.1. The van der Waals surface area contributed by atoms with Crippen LogP contribution in [0.4, 0.5) is 4.39 Å². The van der Waals surface area contributed by atoms with E-state index in [1.165, 1.54) is 12.1 Å². The minimum atomic E-state index is -0.210. The average Bonchev–Trinajstić information content (AvgIpc) is 2.28. The lowest BCUT2D eigenvalue weighted by Gasteiger charge is -2.16. The van der Waals surface area contributed by atoms with Crippen LogP contribution in [-0.2, 0) is 6.42 Å². The second kappa shape index (κ2) is 6.87. The first-order valence-corrected chi connectivity index (χ1v) is 6.19. The summed E-state index contributed by atoms with van der Waals surface area (Å²) in [4.78, 5) is 0. The normalized spacial score (nSPS) is 12.8. The lowest BCUT2D eigenvalue weighted by atomic mass is 9.96. The van der Waals surface area contributed by atoms with Crippen LogP contribution in [0.25, 0.3) is 0 Å². The van der Waals surface area contributed by atoms with Gasteiger partial charge in [0.25, 0.3) is 0 Å². The van der Waals surface area contributed by atoms with E-state index in [2.05, 4.69) is 19.2 Å². The molecule has 0 fully saturated rings. The van der Waals surface area contributed by atoms with Gasteiger partial charge in [0.05, 0.1) is 0 Å². The summed E-state index contributed by atoms with van der Waals surface area (Å²) in [5.74, 6) is 0.303. The van der Waals surface area contributed by atoms with Crippen LogP contribution >= 0.6 is 11.6 Å². The van der Waals surface area contributed by atoms with Crippen molar-refractivity contribution >= 4 is 11.6 Å². The highest BCUT2D eigenvalue weighted by molar-refractivity contribution is 6.31. The molecule has 0 heterocycles. The minimum absolute atomic E-state index is 0.210. The number of halogens is 2. The summed E-state index contributed by atoms with van der Waals surface area (Å²) in [6.45, 7) is 6.16. The molecule has 16 heavy (non-hydrogen) atoms. The molecule has 0 saturated carbocycles. The van der Waals surface area contributed by atoms with E-state index in [1.54, 1.807) is 6.07 Å². The van der Waals surface area contributed by atoms with Gasteiger partial charge in [-0.25, -0.2) is 4.39 Å². The van der Waals surface area contributed by atoms with Crippen molar-refractivity contribution in [1.82, 2.24) is 5.32 Å². The standard InChI is InChI=1S/C13H19ClFN/c1-3-10(9-16-4-2)7-11-8-12(15)5-6-13(11)14/h5-6,8,10,16H,3-4,7,9H2,1-2H3. The van der Waals surface area contributed by atoms with E-state index in [-0.39, 0.29) is 5.82 Å². The van der Waals surface area contributed by atoms with Gasteiger partial charge in [0, 0.05) is 5.02 Å². The molecule has 0 aliphatic carbocycles. The Bertz CT molecular complexity index is 328. The third kappa shape index (κ3) is 4.11. The van der Waals surface area contributed by atoms with Gasteiger partial charge < -0.3 is 5.32 Å². The molecule has 90 valence electrons. The van der Waals surface area contributed by atoms with Crippen molar-refractivity contribution in [2.24, 2.45) is 5.92 Å². The van der Waals surface area contributed by atoms with Crippen molar-refractivity contribution in [3.63, 3.8) is 0 Å². The van der Waals surface area contributed by atoms with Crippen LogP contribution in [0, 0.1) is 11.7 Å². The molecule has 0 amide bonds. The van der Waals surface area contributed by atoms with Crippen LogP contribution in [0.1, 0.15) is 25.8 Å². The van der Waals surface area contributed by atoms with Crippen LogP contribution in [-0.4, -0.2) is 13.1 Å². The Labute approximate surface area is 102 Å². The fraction of sp³-hybridized carbons (Fsp3) is 0.538. The van der Waals surface area contributed by atoms with Crippen molar-refractivity contribution in [2.75, 3.05) is 13.1 Å². The fourth-order valence-corrected chi connectivity index (χ4v) is 1.91. The zero-order chi connectivity index (χ0) is 12.0. The van der Waals surface area contributed by atoms with Gasteiger partial charge in [0.1, 0.15) is 5.82 Å². The third-order valence-corrected chi connectivity index (χ3v) is 3.15. The lowest BCUT2D eigenvalue weighted by molar-refractivity contribution is 0.466. The van der Waals surface area contributed by atoms with Crippen LogP contribution in [0.5, 0.6) is 0 Å². The molecule has 1 aromatic rings. The maximum atomic E-state index is 13.1. The van der Waals surface area contributed by atoms with E-state index in [0.29, 0.717) is 10.9 Å². The number of rotatable bonds is 6. The molecule has 0 aliphatic heterocycles. The van der Waals surface area contributed by atoms with E-state index in [9.17, 15) is 4.39 Å². The first-order valence-electron chi connectivity index (χ1n) is 5.82. The second-order valence-electron chi connectivity index (χ2n) is 4.02. The SMILES string of the molecule is CCNCC(CC)Cc1cc(F)ccc1Cl. The summed E-state index contributed by atoms with van der Waals surface area (Å²) in [5, 5.41) is 3.98. The Balaban J connectivity index is 2.65. The van der Waals surface area contributed by atoms with E-state index in [0.717, 1.165) is 31.5 Å². The summed E-state index contributed by atoms with van der Waals surface area (Å²) in [6, 6.07) is 4.57. The maximum absolute atomic E-state index is 13.1. The first-order chi connectivity index (χ1) is 7.67. The molecule has 1 aromatic carbocycles. The summed E-state index contributed by atoms with van der Waals surface area (Å²) in [7, 11) is 0. The second-order valence-corrected chi connectivity index (χ2v) is 4.43. The summed E-state index contributed by atoms with van der Waals surface area (Å²) in [6.07, 6.45) is 1.90. The van der Waals surface area contributed by atoms with Crippen LogP contribution in [0.15, 0.2) is 18.2 Å². The molecule has 0 spiro atoms. The van der Waals surface area contributed by atoms with E-state index in [1.807, 2.05) is 0 Å². The summed E-state index contributed by atoms with van der Waals surface area (Å²) >= 11 is 6.04. The number of hydrogen-bond acceptors (Lipinski definition) is 1. The Kier molecular flexibility index (Phi) is 5.78. The van der Waals surface area contributed by atoms with Crippen LogP contribution < -0.4 is 5.32 Å². The molecule has 0 bridgehead atoms. The molecule has 0 aromatic heterocycles. The van der Waals surface area contributed by atoms with Gasteiger partial charge in [0.2, 0.25) is 0 Å². The monoisotopic (exact) mass is 243 g/mol. The van der Waals surface area contributed by atoms with Gasteiger partial charge in [-0.05, 0) is 49.2 Å². The molecule has 3 heteroatoms. The average molecular weight is 244 g/mol. The molecule has 1 N–H and O–H groups in total. The Morgan fingerprint density at radius 1 is 1.38 bits per heavy atom. The predicted molar refractivity (Wildman–Crippen MR) is 67.4 cm³/mol. The Morgan fingerprint density at radius 3 is 2.75 bits per heavy atom. The molecule has 0 aliphatic rings. The highest BCUT2D eigenvalue weighted by atomic mass is 35.5. The topological polar surface area (TPSA) is 12.0 Å². The zero-order valence-corrected chi connectivity index (χ0v) is 10.6. The van der Waals surface area contributed by atoms with E-state index < -0.39 is 0 Å². The van der Waals surface area contributed by atoms with Crippen molar-refractivity contribution in [3.05, 3.63) is 34.6 Å². The smallest absolute Gasteiger partial charge is 0.123 e. The molecular weight excluding hydrogens is 225 g/mol. The van der Waals surface area contributed by atoms with Gasteiger partial charge in [-0.15, -0.1) is 0 Å². The fourth-order valence-electron chi connectivity index (χ4n) is 1.72. The van der Waals surface area contributed by atoms with Gasteiger partial charge in [-0.2, -0.15) is 0 Å². The largest absolute Gasteiger partial charge is 0.317 e. The molecule has 0 saturated heterocycles. The molecule has 1 atom stereocenters.